The minimum absolute atomic E-state index is 0.202. The lowest BCUT2D eigenvalue weighted by Gasteiger charge is -2.27. The number of carbonyl (C=O) groups excluding carboxylic acids is 2. The summed E-state index contributed by atoms with van der Waals surface area (Å²) in [4.78, 5) is 47.3. The van der Waals surface area contributed by atoms with Crippen molar-refractivity contribution in [2.24, 2.45) is 0 Å². The number of rotatable bonds is 4. The van der Waals surface area contributed by atoms with Crippen LogP contribution in [-0.2, 0) is 9.47 Å². The van der Waals surface area contributed by atoms with E-state index in [1.807, 2.05) is 0 Å². The van der Waals surface area contributed by atoms with Crippen LogP contribution in [0.2, 0.25) is 0 Å². The van der Waals surface area contributed by atoms with E-state index in [-0.39, 0.29) is 6.61 Å². The zero-order chi connectivity index (χ0) is 23.8. The third kappa shape index (κ3) is 4.29. The molecule has 0 unspecified atom stereocenters. The first-order valence-corrected chi connectivity index (χ1v) is 8.77. The van der Waals surface area contributed by atoms with E-state index >= 15 is 0 Å². The Morgan fingerprint density at radius 2 is 1.77 bits per heavy atom. The fourth-order valence-electron chi connectivity index (χ4n) is 2.62. The first-order chi connectivity index (χ1) is 14.2. The van der Waals surface area contributed by atoms with Crippen LogP contribution in [0.3, 0.4) is 0 Å². The molecule has 0 saturated heterocycles. The molecular formula is C18H18F3N3O7. The maximum atomic E-state index is 14.7. The molecule has 0 atom stereocenters. The molecular weight excluding hydrogens is 427 g/mol. The van der Waals surface area contributed by atoms with Gasteiger partial charge in [-0.15, -0.1) is 0 Å². The highest BCUT2D eigenvalue weighted by molar-refractivity contribution is 5.98. The molecule has 1 aromatic heterocycles. The Morgan fingerprint density at radius 3 is 2.26 bits per heavy atom. The summed E-state index contributed by atoms with van der Waals surface area (Å²) < 4.78 is 53.2. The Hall–Kier alpha value is -3.64. The Bertz CT molecular complexity index is 1160. The van der Waals surface area contributed by atoms with Crippen LogP contribution in [0.4, 0.5) is 23.7 Å². The number of ether oxygens (including phenoxy) is 2. The molecule has 1 heterocycles. The third-order valence-electron chi connectivity index (χ3n) is 3.89. The van der Waals surface area contributed by atoms with Crippen molar-refractivity contribution in [1.82, 2.24) is 4.68 Å². The molecule has 0 fully saturated rings. The molecule has 0 aliphatic heterocycles. The van der Waals surface area contributed by atoms with Gasteiger partial charge >= 0.3 is 17.7 Å². The number of halogens is 3. The highest BCUT2D eigenvalue weighted by Crippen LogP contribution is 2.32. The Kier molecular flexibility index (Phi) is 6.28. The van der Waals surface area contributed by atoms with Crippen molar-refractivity contribution in [3.8, 4) is 0 Å². The summed E-state index contributed by atoms with van der Waals surface area (Å²) in [5.41, 5.74) is -6.23. The van der Waals surface area contributed by atoms with Crippen LogP contribution in [0.25, 0.3) is 10.9 Å². The number of nitro benzene ring substituents is 1. The van der Waals surface area contributed by atoms with Crippen molar-refractivity contribution in [3.63, 3.8) is 0 Å². The Balaban J connectivity index is 3.05. The number of pyridine rings is 1. The van der Waals surface area contributed by atoms with E-state index in [9.17, 15) is 37.7 Å². The van der Waals surface area contributed by atoms with E-state index in [2.05, 4.69) is 0 Å². The van der Waals surface area contributed by atoms with Gasteiger partial charge in [-0.25, -0.2) is 23.4 Å². The summed E-state index contributed by atoms with van der Waals surface area (Å²) in [5, 5.41) is 10.6. The summed E-state index contributed by atoms with van der Waals surface area (Å²) in [6.45, 7) is 5.72. The summed E-state index contributed by atoms with van der Waals surface area (Å²) >= 11 is 0. The first-order valence-electron chi connectivity index (χ1n) is 8.77. The van der Waals surface area contributed by atoms with Crippen LogP contribution in [-0.4, -0.2) is 40.9 Å². The maximum Gasteiger partial charge on any atom is 0.429 e. The van der Waals surface area contributed by atoms with Gasteiger partial charge in [0.1, 0.15) is 22.1 Å². The number of nitro groups is 1. The number of benzene rings is 1. The van der Waals surface area contributed by atoms with E-state index < -0.39 is 67.6 Å². The quantitative estimate of drug-likeness (QED) is 0.307. The minimum Gasteiger partial charge on any atom is -0.462 e. The largest absolute Gasteiger partial charge is 0.462 e. The lowest BCUT2D eigenvalue weighted by molar-refractivity contribution is -0.386. The van der Waals surface area contributed by atoms with Gasteiger partial charge in [0.25, 0.3) is 0 Å². The van der Waals surface area contributed by atoms with Gasteiger partial charge in [-0.3, -0.25) is 19.6 Å². The summed E-state index contributed by atoms with van der Waals surface area (Å²) in [7, 11) is 0.999. The number of hydrogen-bond acceptors (Lipinski definition) is 7. The van der Waals surface area contributed by atoms with Gasteiger partial charge in [0.2, 0.25) is 17.1 Å². The second-order valence-electron chi connectivity index (χ2n) is 7.21. The number of aromatic nitrogens is 1. The SMILES string of the molecule is CCOC(=O)c1cn(N(C)C(=O)OC(C)(C)C)c2c(F)c(F)c(F)c([N+](=O)[O-])c2c1=O. The van der Waals surface area contributed by atoms with Gasteiger partial charge in [-0.1, -0.05) is 0 Å². The van der Waals surface area contributed by atoms with Crippen LogP contribution in [0.15, 0.2) is 11.0 Å². The topological polar surface area (TPSA) is 121 Å². The van der Waals surface area contributed by atoms with E-state index in [1.165, 1.54) is 27.7 Å². The van der Waals surface area contributed by atoms with Crippen molar-refractivity contribution >= 4 is 28.7 Å². The van der Waals surface area contributed by atoms with Crippen molar-refractivity contribution in [2.45, 2.75) is 33.3 Å². The molecule has 13 heteroatoms. The Labute approximate surface area is 172 Å². The zero-order valence-electron chi connectivity index (χ0n) is 17.1. The number of fused-ring (bicyclic) bond motifs is 1. The highest BCUT2D eigenvalue weighted by atomic mass is 19.2. The monoisotopic (exact) mass is 445 g/mol. The second kappa shape index (κ2) is 8.24. The fourth-order valence-corrected chi connectivity index (χ4v) is 2.62. The molecule has 0 radical (unpaired) electrons. The summed E-state index contributed by atoms with van der Waals surface area (Å²) in [5.74, 6) is -7.74. The molecule has 168 valence electrons. The van der Waals surface area contributed by atoms with Crippen LogP contribution >= 0.6 is 0 Å². The Morgan fingerprint density at radius 1 is 1.19 bits per heavy atom. The van der Waals surface area contributed by atoms with Gasteiger partial charge in [-0.2, -0.15) is 4.39 Å². The molecule has 0 saturated carbocycles. The van der Waals surface area contributed by atoms with E-state index in [4.69, 9.17) is 9.47 Å². The number of carbonyl (C=O) groups is 2. The molecule has 0 bridgehead atoms. The van der Waals surface area contributed by atoms with Crippen molar-refractivity contribution in [1.29, 1.82) is 0 Å². The number of amides is 1. The van der Waals surface area contributed by atoms with E-state index in [1.54, 1.807) is 0 Å². The number of hydrogen-bond donors (Lipinski definition) is 0. The van der Waals surface area contributed by atoms with Crippen molar-refractivity contribution in [2.75, 3.05) is 18.7 Å². The number of nitrogens with zero attached hydrogens (tertiary/aromatic N) is 3. The summed E-state index contributed by atoms with van der Waals surface area (Å²) in [6, 6.07) is 0. The molecule has 10 nitrogen and oxygen atoms in total. The predicted octanol–water partition coefficient (Wildman–Crippen LogP) is 3.01. The second-order valence-corrected chi connectivity index (χ2v) is 7.21. The van der Waals surface area contributed by atoms with Gasteiger partial charge in [0, 0.05) is 13.2 Å². The van der Waals surface area contributed by atoms with Gasteiger partial charge in [0.05, 0.1) is 11.5 Å². The average Bonchev–Trinajstić information content (AvgIpc) is 2.64. The maximum absolute atomic E-state index is 14.7. The van der Waals surface area contributed by atoms with Crippen molar-refractivity contribution in [3.05, 3.63) is 49.5 Å². The standard InChI is InChI=1S/C18H18F3N3O7/c1-6-30-16(26)8-7-23(22(5)17(27)31-18(2,3)4)13-9(15(8)25)14(24(28)29)12(21)10(19)11(13)20/h7H,6H2,1-5H3. The van der Waals surface area contributed by atoms with Gasteiger partial charge in [0.15, 0.2) is 5.82 Å². The van der Waals surface area contributed by atoms with Crippen LogP contribution in [0.5, 0.6) is 0 Å². The highest BCUT2D eigenvalue weighted by Gasteiger charge is 2.35. The molecule has 0 spiro atoms. The zero-order valence-corrected chi connectivity index (χ0v) is 17.1. The molecule has 0 N–H and O–H groups in total. The smallest absolute Gasteiger partial charge is 0.429 e. The first kappa shape index (κ1) is 23.6. The fraction of sp³-hybridized carbons (Fsp3) is 0.389. The third-order valence-corrected chi connectivity index (χ3v) is 3.89. The van der Waals surface area contributed by atoms with Crippen LogP contribution in [0, 0.1) is 27.6 Å². The molecule has 0 aliphatic rings. The van der Waals surface area contributed by atoms with E-state index in [0.717, 1.165) is 7.05 Å². The molecule has 2 rings (SSSR count). The molecule has 0 aliphatic carbocycles. The normalized spacial score (nSPS) is 11.4. The predicted molar refractivity (Wildman–Crippen MR) is 101 cm³/mol. The van der Waals surface area contributed by atoms with Gasteiger partial charge < -0.3 is 9.47 Å². The summed E-state index contributed by atoms with van der Waals surface area (Å²) in [6.07, 6.45) is -0.532. The van der Waals surface area contributed by atoms with Crippen molar-refractivity contribution < 1.29 is 37.2 Å². The number of esters is 1. The molecule has 1 amide bonds. The van der Waals surface area contributed by atoms with Gasteiger partial charge in [-0.05, 0) is 27.7 Å². The average molecular weight is 445 g/mol. The van der Waals surface area contributed by atoms with Crippen LogP contribution < -0.4 is 10.4 Å². The van der Waals surface area contributed by atoms with E-state index in [0.29, 0.717) is 15.9 Å². The molecule has 2 aromatic rings. The van der Waals surface area contributed by atoms with Crippen LogP contribution in [0.1, 0.15) is 38.1 Å². The molecule has 1 aromatic carbocycles. The molecule has 31 heavy (non-hydrogen) atoms. The lowest BCUT2D eigenvalue weighted by Crippen LogP contribution is -2.42. The lowest BCUT2D eigenvalue weighted by atomic mass is 10.1. The minimum atomic E-state index is -2.24.